The Hall–Kier alpha value is -5.22. The van der Waals surface area contributed by atoms with Crippen LogP contribution in [0.15, 0.2) is 97.3 Å². The van der Waals surface area contributed by atoms with Crippen molar-refractivity contribution >= 4 is 67.9 Å². The smallest absolute Gasteiger partial charge is 0.0892 e. The zero-order valence-corrected chi connectivity index (χ0v) is 22.3. The molecule has 0 saturated heterocycles. The van der Waals surface area contributed by atoms with Crippen molar-refractivity contribution in [1.82, 2.24) is 19.9 Å². The van der Waals surface area contributed by atoms with Gasteiger partial charge in [0.05, 0.1) is 33.5 Å². The largest absolute Gasteiger partial charge is 0.253 e. The molecule has 0 bridgehead atoms. The fourth-order valence-corrected chi connectivity index (χ4v) is 5.15. The molecule has 0 N–H and O–H groups in total. The summed E-state index contributed by atoms with van der Waals surface area (Å²) >= 11 is 0. The number of hydrogen-bond acceptors (Lipinski definition) is 4. The van der Waals surface area contributed by atoms with Gasteiger partial charge in [-0.3, -0.25) is 9.97 Å². The summed E-state index contributed by atoms with van der Waals surface area (Å²) in [6, 6.07) is 30.1. The molecule has 2 aromatic heterocycles. The summed E-state index contributed by atoms with van der Waals surface area (Å²) in [4.78, 5) is 18.1. The molecule has 0 amide bonds. The fourth-order valence-electron chi connectivity index (χ4n) is 5.15. The summed E-state index contributed by atoms with van der Waals surface area (Å²) < 4.78 is 0. The molecule has 0 aliphatic heterocycles. The van der Waals surface area contributed by atoms with Crippen molar-refractivity contribution in [1.29, 1.82) is 0 Å². The average Bonchev–Trinajstić information content (AvgIpc) is 2.98. The van der Waals surface area contributed by atoms with Gasteiger partial charge in [0.25, 0.3) is 0 Å². The second kappa shape index (κ2) is 9.83. The maximum Gasteiger partial charge on any atom is 0.0892 e. The summed E-state index contributed by atoms with van der Waals surface area (Å²) in [6.07, 6.45) is 12.2. The van der Waals surface area contributed by atoms with Crippen molar-refractivity contribution in [3.05, 3.63) is 131 Å². The predicted molar refractivity (Wildman–Crippen MR) is 168 cm³/mol. The second-order valence-corrected chi connectivity index (χ2v) is 10.2. The highest BCUT2D eigenvalue weighted by molar-refractivity contribution is 6.08. The van der Waals surface area contributed by atoms with Crippen LogP contribution >= 0.6 is 0 Å². The third-order valence-corrected chi connectivity index (χ3v) is 7.19. The van der Waals surface area contributed by atoms with Crippen LogP contribution < -0.4 is 0 Å². The van der Waals surface area contributed by atoms with E-state index in [2.05, 4.69) is 117 Å². The average molecular weight is 515 g/mol. The van der Waals surface area contributed by atoms with Crippen molar-refractivity contribution < 1.29 is 0 Å². The molecule has 0 fully saturated rings. The fraction of sp³-hybridized carbons (Fsp3) is 0.0556. The zero-order chi connectivity index (χ0) is 27.1. The molecule has 4 heteroatoms. The predicted octanol–water partition coefficient (Wildman–Crippen LogP) is 8.84. The van der Waals surface area contributed by atoms with E-state index in [0.29, 0.717) is 0 Å². The lowest BCUT2D eigenvalue weighted by Gasteiger charge is -2.07. The van der Waals surface area contributed by atoms with Gasteiger partial charge in [0.1, 0.15) is 0 Å². The Balaban J connectivity index is 1.14. The summed E-state index contributed by atoms with van der Waals surface area (Å²) in [5, 5.41) is 4.96. The van der Waals surface area contributed by atoms with Gasteiger partial charge in [-0.15, -0.1) is 0 Å². The molecule has 7 aromatic rings. The van der Waals surface area contributed by atoms with Gasteiger partial charge in [0, 0.05) is 12.4 Å². The molecule has 40 heavy (non-hydrogen) atoms. The monoisotopic (exact) mass is 514 g/mol. The second-order valence-electron chi connectivity index (χ2n) is 10.2. The van der Waals surface area contributed by atoms with E-state index in [9.17, 15) is 0 Å². The topological polar surface area (TPSA) is 51.6 Å². The number of rotatable bonds is 4. The van der Waals surface area contributed by atoms with Crippen LogP contribution in [0.2, 0.25) is 0 Å². The molecule has 7 rings (SSSR count). The van der Waals surface area contributed by atoms with Crippen LogP contribution in [0.4, 0.5) is 0 Å². The van der Waals surface area contributed by atoms with Crippen LogP contribution in [0, 0.1) is 13.8 Å². The molecular formula is C36H26N4. The van der Waals surface area contributed by atoms with Gasteiger partial charge in [-0.2, -0.15) is 0 Å². The Morgan fingerprint density at radius 2 is 0.825 bits per heavy atom. The van der Waals surface area contributed by atoms with E-state index < -0.39 is 0 Å². The first-order chi connectivity index (χ1) is 19.6. The maximum absolute atomic E-state index is 4.54. The standard InChI is InChI=1S/C36H26N4/c1-23-21-37-35-19-27(9-15-33(35)39-23)5-3-25-7-13-31-29(17-25)11-12-30-18-26(8-14-32(30)31)4-6-28-10-16-34-36(20-28)38-22-24(2)40-34/h3-22H,1-2H3. The molecule has 0 atom stereocenters. The first-order valence-electron chi connectivity index (χ1n) is 13.4. The number of aryl methyl sites for hydroxylation is 2. The van der Waals surface area contributed by atoms with Crippen LogP contribution in [-0.2, 0) is 0 Å². The van der Waals surface area contributed by atoms with E-state index in [0.717, 1.165) is 55.7 Å². The Kier molecular flexibility index (Phi) is 5.86. The highest BCUT2D eigenvalue weighted by Crippen LogP contribution is 2.28. The van der Waals surface area contributed by atoms with E-state index in [4.69, 9.17) is 0 Å². The van der Waals surface area contributed by atoms with E-state index in [1.165, 1.54) is 21.5 Å². The van der Waals surface area contributed by atoms with Gasteiger partial charge in [-0.25, -0.2) is 9.97 Å². The lowest BCUT2D eigenvalue weighted by atomic mass is 9.98. The van der Waals surface area contributed by atoms with Gasteiger partial charge in [0.15, 0.2) is 0 Å². The zero-order valence-electron chi connectivity index (χ0n) is 22.3. The van der Waals surface area contributed by atoms with Crippen molar-refractivity contribution in [2.75, 3.05) is 0 Å². The van der Waals surface area contributed by atoms with Gasteiger partial charge in [-0.1, -0.05) is 72.8 Å². The van der Waals surface area contributed by atoms with Gasteiger partial charge >= 0.3 is 0 Å². The first kappa shape index (κ1) is 23.9. The van der Waals surface area contributed by atoms with E-state index in [1.54, 1.807) is 0 Å². The van der Waals surface area contributed by atoms with Gasteiger partial charge in [-0.05, 0) is 94.0 Å². The van der Waals surface area contributed by atoms with E-state index in [-0.39, 0.29) is 0 Å². The maximum atomic E-state index is 4.54. The minimum Gasteiger partial charge on any atom is -0.253 e. The molecule has 4 nitrogen and oxygen atoms in total. The Labute approximate surface area is 232 Å². The quantitative estimate of drug-likeness (QED) is 0.174. The lowest BCUT2D eigenvalue weighted by molar-refractivity contribution is 1.18. The number of fused-ring (bicyclic) bond motifs is 5. The number of aromatic nitrogens is 4. The minimum atomic E-state index is 0.911. The van der Waals surface area contributed by atoms with Gasteiger partial charge in [0.2, 0.25) is 0 Å². The van der Waals surface area contributed by atoms with Crippen LogP contribution in [0.1, 0.15) is 33.6 Å². The number of nitrogens with zero attached hydrogens (tertiary/aromatic N) is 4. The normalized spacial score (nSPS) is 12.1. The van der Waals surface area contributed by atoms with Crippen LogP contribution in [-0.4, -0.2) is 19.9 Å². The SMILES string of the molecule is Cc1cnc2cc(C=Cc3ccc4c(ccc5cc(C=Cc6ccc7nc(C)cnc7c6)ccc54)c3)ccc2n1. The molecule has 0 aliphatic rings. The molecular weight excluding hydrogens is 488 g/mol. The lowest BCUT2D eigenvalue weighted by Crippen LogP contribution is -1.87. The van der Waals surface area contributed by atoms with Crippen molar-refractivity contribution in [2.45, 2.75) is 13.8 Å². The molecule has 0 unspecified atom stereocenters. The highest BCUT2D eigenvalue weighted by atomic mass is 14.8. The van der Waals surface area contributed by atoms with Gasteiger partial charge < -0.3 is 0 Å². The van der Waals surface area contributed by atoms with Crippen molar-refractivity contribution in [3.63, 3.8) is 0 Å². The van der Waals surface area contributed by atoms with Crippen molar-refractivity contribution in [2.24, 2.45) is 0 Å². The molecule has 190 valence electrons. The van der Waals surface area contributed by atoms with E-state index >= 15 is 0 Å². The third-order valence-electron chi connectivity index (χ3n) is 7.19. The molecule has 0 aliphatic carbocycles. The summed E-state index contributed by atoms with van der Waals surface area (Å²) in [7, 11) is 0. The van der Waals surface area contributed by atoms with Crippen LogP contribution in [0.5, 0.6) is 0 Å². The Morgan fingerprint density at radius 3 is 1.27 bits per heavy atom. The van der Waals surface area contributed by atoms with Crippen LogP contribution in [0.3, 0.4) is 0 Å². The van der Waals surface area contributed by atoms with Crippen LogP contribution in [0.25, 0.3) is 67.9 Å². The number of benzene rings is 5. The molecule has 0 spiro atoms. The molecule has 0 radical (unpaired) electrons. The Bertz CT molecular complexity index is 1990. The first-order valence-corrected chi connectivity index (χ1v) is 13.4. The minimum absolute atomic E-state index is 0.911. The summed E-state index contributed by atoms with van der Waals surface area (Å²) in [5.41, 5.74) is 10.1. The molecule has 0 saturated carbocycles. The summed E-state index contributed by atoms with van der Waals surface area (Å²) in [5.74, 6) is 0. The van der Waals surface area contributed by atoms with Crippen molar-refractivity contribution in [3.8, 4) is 0 Å². The molecule has 5 aromatic carbocycles. The third kappa shape index (κ3) is 4.72. The Morgan fingerprint density at radius 1 is 0.425 bits per heavy atom. The number of hydrogen-bond donors (Lipinski definition) is 0. The highest BCUT2D eigenvalue weighted by Gasteiger charge is 2.03. The summed E-state index contributed by atoms with van der Waals surface area (Å²) in [6.45, 7) is 3.92. The van der Waals surface area contributed by atoms with E-state index in [1.807, 2.05) is 38.4 Å². The molecule has 2 heterocycles.